The summed E-state index contributed by atoms with van der Waals surface area (Å²) in [4.78, 5) is 26.3. The van der Waals surface area contributed by atoms with Gasteiger partial charge in [-0.3, -0.25) is 4.79 Å². The van der Waals surface area contributed by atoms with Gasteiger partial charge < -0.3 is 26.0 Å². The SMILES string of the molecule is Cc1c(N2CC[C@@H]([C@H](C)N)C2)c(F)c(N)c2c(=O)c(C(=O)O)cn(C3CC3)c12. The molecule has 7 nitrogen and oxygen atoms in total. The summed E-state index contributed by atoms with van der Waals surface area (Å²) in [5.74, 6) is -1.73. The average Bonchev–Trinajstić information content (AvgIpc) is 3.36. The van der Waals surface area contributed by atoms with Crippen LogP contribution in [0.25, 0.3) is 10.9 Å². The molecule has 0 spiro atoms. The lowest BCUT2D eigenvalue weighted by molar-refractivity contribution is 0.0695. The summed E-state index contributed by atoms with van der Waals surface area (Å²) in [5.41, 5.74) is 12.3. The third-order valence-corrected chi connectivity index (χ3v) is 6.11. The van der Waals surface area contributed by atoms with Crippen LogP contribution in [-0.4, -0.2) is 34.8 Å². The number of aryl methyl sites for hydroxylation is 1. The van der Waals surface area contributed by atoms with Gasteiger partial charge in [-0.25, -0.2) is 9.18 Å². The molecule has 2 aliphatic rings. The van der Waals surface area contributed by atoms with Gasteiger partial charge in [-0.1, -0.05) is 0 Å². The molecular formula is C20H25FN4O3. The van der Waals surface area contributed by atoms with Crippen molar-refractivity contribution in [1.29, 1.82) is 0 Å². The standard InChI is InChI=1S/C20H25FN4O3/c1-9-17-14(19(26)13(20(27)28)8-25(17)12-3-4-12)16(23)15(21)18(9)24-6-5-11(7-24)10(2)22/h8,10-12H,3-7,22-23H2,1-2H3,(H,27,28)/t10-,11+/m0/s1. The largest absolute Gasteiger partial charge is 0.477 e. The molecule has 28 heavy (non-hydrogen) atoms. The van der Waals surface area contributed by atoms with Crippen LogP contribution in [0.15, 0.2) is 11.0 Å². The van der Waals surface area contributed by atoms with Gasteiger partial charge in [0.25, 0.3) is 0 Å². The Morgan fingerprint density at radius 1 is 1.36 bits per heavy atom. The van der Waals surface area contributed by atoms with Crippen molar-refractivity contribution in [3.05, 3.63) is 33.4 Å². The summed E-state index contributed by atoms with van der Waals surface area (Å²) in [6, 6.07) is 0.113. The number of carboxylic acid groups (broad SMARTS) is 1. The van der Waals surface area contributed by atoms with Gasteiger partial charge in [0.1, 0.15) is 5.56 Å². The van der Waals surface area contributed by atoms with Crippen molar-refractivity contribution in [3.63, 3.8) is 0 Å². The van der Waals surface area contributed by atoms with E-state index in [2.05, 4.69) is 0 Å². The number of aromatic nitrogens is 1. The van der Waals surface area contributed by atoms with E-state index in [-0.39, 0.29) is 34.6 Å². The van der Waals surface area contributed by atoms with Crippen LogP contribution in [0.1, 0.15) is 48.1 Å². The van der Waals surface area contributed by atoms with Crippen LogP contribution in [0.4, 0.5) is 15.8 Å². The maximum absolute atomic E-state index is 15.3. The van der Waals surface area contributed by atoms with E-state index in [1.807, 2.05) is 11.8 Å². The molecule has 5 N–H and O–H groups in total. The highest BCUT2D eigenvalue weighted by Gasteiger charge is 2.33. The number of hydrogen-bond donors (Lipinski definition) is 3. The molecule has 2 atom stereocenters. The number of carboxylic acids is 1. The van der Waals surface area contributed by atoms with Gasteiger partial charge in [0.2, 0.25) is 5.43 Å². The van der Waals surface area contributed by atoms with Crippen LogP contribution in [-0.2, 0) is 0 Å². The maximum atomic E-state index is 15.3. The fraction of sp³-hybridized carbons (Fsp3) is 0.500. The van der Waals surface area contributed by atoms with Crippen LogP contribution >= 0.6 is 0 Å². The molecule has 1 aliphatic carbocycles. The first-order valence-electron chi connectivity index (χ1n) is 9.62. The number of aromatic carboxylic acids is 1. The number of halogens is 1. The molecule has 1 aliphatic heterocycles. The van der Waals surface area contributed by atoms with E-state index < -0.39 is 17.2 Å². The smallest absolute Gasteiger partial charge is 0.341 e. The van der Waals surface area contributed by atoms with E-state index in [0.29, 0.717) is 29.9 Å². The quantitative estimate of drug-likeness (QED) is 0.692. The molecule has 0 amide bonds. The van der Waals surface area contributed by atoms with E-state index >= 15 is 4.39 Å². The van der Waals surface area contributed by atoms with E-state index in [9.17, 15) is 14.7 Å². The Kier molecular flexibility index (Phi) is 4.33. The molecule has 4 rings (SSSR count). The first kappa shape index (κ1) is 18.7. The van der Waals surface area contributed by atoms with Crippen LogP contribution in [0, 0.1) is 18.7 Å². The topological polar surface area (TPSA) is 115 Å². The summed E-state index contributed by atoms with van der Waals surface area (Å²) < 4.78 is 17.1. The van der Waals surface area contributed by atoms with Gasteiger partial charge in [0, 0.05) is 31.4 Å². The van der Waals surface area contributed by atoms with Crippen molar-refractivity contribution in [1.82, 2.24) is 4.57 Å². The number of fused-ring (bicyclic) bond motifs is 1. The first-order valence-corrected chi connectivity index (χ1v) is 9.62. The van der Waals surface area contributed by atoms with Crippen LogP contribution in [0.2, 0.25) is 0 Å². The third kappa shape index (κ3) is 2.74. The fourth-order valence-electron chi connectivity index (χ4n) is 4.37. The number of hydrogen-bond acceptors (Lipinski definition) is 5. The second-order valence-electron chi connectivity index (χ2n) is 8.09. The molecule has 1 aromatic heterocycles. The number of anilines is 2. The number of pyridine rings is 1. The normalized spacial score (nSPS) is 20.7. The highest BCUT2D eigenvalue weighted by atomic mass is 19.1. The molecule has 150 valence electrons. The molecule has 2 fully saturated rings. The lowest BCUT2D eigenvalue weighted by atomic mass is 10.0. The van der Waals surface area contributed by atoms with E-state index in [1.54, 1.807) is 11.5 Å². The van der Waals surface area contributed by atoms with Crippen molar-refractivity contribution in [3.8, 4) is 0 Å². The second-order valence-corrected chi connectivity index (χ2v) is 8.09. The highest BCUT2D eigenvalue weighted by molar-refractivity contribution is 6.01. The maximum Gasteiger partial charge on any atom is 0.341 e. The van der Waals surface area contributed by atoms with Crippen LogP contribution in [0.3, 0.4) is 0 Å². The Balaban J connectivity index is 2.00. The van der Waals surface area contributed by atoms with E-state index in [0.717, 1.165) is 19.3 Å². The minimum Gasteiger partial charge on any atom is -0.477 e. The fourth-order valence-corrected chi connectivity index (χ4v) is 4.37. The van der Waals surface area contributed by atoms with E-state index in [4.69, 9.17) is 11.5 Å². The minimum absolute atomic E-state index is 0.00828. The van der Waals surface area contributed by atoms with E-state index in [1.165, 1.54) is 6.20 Å². The molecular weight excluding hydrogens is 363 g/mol. The van der Waals surface area contributed by atoms with Gasteiger partial charge in [-0.05, 0) is 44.6 Å². The number of nitrogens with zero attached hydrogens (tertiary/aromatic N) is 2. The Morgan fingerprint density at radius 3 is 2.57 bits per heavy atom. The minimum atomic E-state index is -1.33. The third-order valence-electron chi connectivity index (χ3n) is 6.11. The predicted molar refractivity (Wildman–Crippen MR) is 107 cm³/mol. The molecule has 1 aromatic carbocycles. The number of nitrogen functional groups attached to an aromatic ring is 1. The molecule has 0 radical (unpaired) electrons. The molecule has 2 aromatic rings. The van der Waals surface area contributed by atoms with Crippen molar-refractivity contribution in [2.75, 3.05) is 23.7 Å². The van der Waals surface area contributed by atoms with Crippen molar-refractivity contribution < 1.29 is 14.3 Å². The number of benzene rings is 1. The molecule has 0 bridgehead atoms. The average molecular weight is 388 g/mol. The summed E-state index contributed by atoms with van der Waals surface area (Å²) in [7, 11) is 0. The number of rotatable bonds is 4. The zero-order valence-corrected chi connectivity index (χ0v) is 16.0. The Morgan fingerprint density at radius 2 is 2.04 bits per heavy atom. The molecule has 0 unspecified atom stereocenters. The molecule has 2 heterocycles. The monoisotopic (exact) mass is 388 g/mol. The first-order chi connectivity index (χ1) is 13.2. The second kappa shape index (κ2) is 6.48. The Bertz CT molecular complexity index is 1040. The van der Waals surface area contributed by atoms with Crippen molar-refractivity contribution in [2.45, 2.75) is 45.2 Å². The van der Waals surface area contributed by atoms with Gasteiger partial charge in [-0.2, -0.15) is 0 Å². The number of carbonyl (C=O) groups is 1. The van der Waals surface area contributed by atoms with Crippen LogP contribution < -0.4 is 21.8 Å². The Hall–Kier alpha value is -2.61. The zero-order chi connectivity index (χ0) is 20.3. The Labute approximate surface area is 161 Å². The van der Waals surface area contributed by atoms with Crippen LogP contribution in [0.5, 0.6) is 0 Å². The predicted octanol–water partition coefficient (Wildman–Crippen LogP) is 2.24. The lowest BCUT2D eigenvalue weighted by Crippen LogP contribution is -2.30. The van der Waals surface area contributed by atoms with Crippen molar-refractivity contribution in [2.24, 2.45) is 11.7 Å². The van der Waals surface area contributed by atoms with Gasteiger partial charge in [0.05, 0.1) is 22.3 Å². The van der Waals surface area contributed by atoms with Crippen molar-refractivity contribution >= 4 is 28.2 Å². The summed E-state index contributed by atoms with van der Waals surface area (Å²) in [5, 5.41) is 9.39. The molecule has 1 saturated heterocycles. The summed E-state index contributed by atoms with van der Waals surface area (Å²) in [6.07, 6.45) is 4.02. The van der Waals surface area contributed by atoms with Gasteiger partial charge >= 0.3 is 5.97 Å². The van der Waals surface area contributed by atoms with Gasteiger partial charge in [0.15, 0.2) is 5.82 Å². The summed E-state index contributed by atoms with van der Waals surface area (Å²) >= 11 is 0. The number of nitrogens with two attached hydrogens (primary N) is 2. The lowest BCUT2D eigenvalue weighted by Gasteiger charge is -2.26. The molecule has 1 saturated carbocycles. The summed E-state index contributed by atoms with van der Waals surface area (Å²) in [6.45, 7) is 5.01. The molecule has 8 heteroatoms. The van der Waals surface area contributed by atoms with Gasteiger partial charge in [-0.15, -0.1) is 0 Å². The highest BCUT2D eigenvalue weighted by Crippen LogP contribution is 2.42. The zero-order valence-electron chi connectivity index (χ0n) is 16.0.